The molecule has 0 radical (unpaired) electrons. The van der Waals surface area contributed by atoms with Crippen molar-refractivity contribution < 1.29 is 4.74 Å². The lowest BCUT2D eigenvalue weighted by Crippen LogP contribution is -2.30. The standard InChI is InChI=1S/C18H26N2O/c1-11(2)19-17-7-5-6-14-15-10-13(21-12(3)4)8-9-16(15)20-18(14)17/h8-12,17,19-20H,5-7H2,1-4H3. The van der Waals surface area contributed by atoms with E-state index < -0.39 is 0 Å². The molecule has 1 unspecified atom stereocenters. The van der Waals surface area contributed by atoms with Crippen molar-refractivity contribution in [3.63, 3.8) is 0 Å². The van der Waals surface area contributed by atoms with E-state index in [4.69, 9.17) is 4.74 Å². The van der Waals surface area contributed by atoms with Crippen molar-refractivity contribution in [2.75, 3.05) is 0 Å². The van der Waals surface area contributed by atoms with Gasteiger partial charge in [0.25, 0.3) is 0 Å². The van der Waals surface area contributed by atoms with Crippen LogP contribution in [-0.2, 0) is 6.42 Å². The fourth-order valence-electron chi connectivity index (χ4n) is 3.36. The summed E-state index contributed by atoms with van der Waals surface area (Å²) in [7, 11) is 0. The summed E-state index contributed by atoms with van der Waals surface area (Å²) in [5.41, 5.74) is 4.09. The molecule has 0 bridgehead atoms. The van der Waals surface area contributed by atoms with Gasteiger partial charge in [-0.1, -0.05) is 13.8 Å². The largest absolute Gasteiger partial charge is 0.491 e. The Hall–Kier alpha value is -1.48. The number of aryl methyl sites for hydroxylation is 1. The van der Waals surface area contributed by atoms with Crippen molar-refractivity contribution in [2.24, 2.45) is 0 Å². The fourth-order valence-corrected chi connectivity index (χ4v) is 3.36. The number of ether oxygens (including phenoxy) is 1. The first-order valence-electron chi connectivity index (χ1n) is 8.12. The van der Waals surface area contributed by atoms with E-state index in [0.29, 0.717) is 12.1 Å². The first-order valence-corrected chi connectivity index (χ1v) is 8.12. The molecular weight excluding hydrogens is 260 g/mol. The third-order valence-electron chi connectivity index (χ3n) is 4.08. The van der Waals surface area contributed by atoms with Crippen molar-refractivity contribution in [1.29, 1.82) is 0 Å². The number of aromatic amines is 1. The van der Waals surface area contributed by atoms with Crippen LogP contribution in [0.3, 0.4) is 0 Å². The van der Waals surface area contributed by atoms with Gasteiger partial charge in [-0.05, 0) is 56.9 Å². The third kappa shape index (κ3) is 2.93. The number of benzene rings is 1. The van der Waals surface area contributed by atoms with Crippen LogP contribution in [0.2, 0.25) is 0 Å². The van der Waals surface area contributed by atoms with Crippen LogP contribution >= 0.6 is 0 Å². The fraction of sp³-hybridized carbons (Fsp3) is 0.556. The average molecular weight is 286 g/mol. The summed E-state index contributed by atoms with van der Waals surface area (Å²) in [6.45, 7) is 8.57. The van der Waals surface area contributed by atoms with E-state index in [1.165, 1.54) is 35.0 Å². The van der Waals surface area contributed by atoms with Crippen LogP contribution in [0.25, 0.3) is 10.9 Å². The SMILES string of the molecule is CC(C)NC1CCCc2c1[nH]c1ccc(OC(C)C)cc21. The zero-order valence-corrected chi connectivity index (χ0v) is 13.5. The lowest BCUT2D eigenvalue weighted by Gasteiger charge is -2.25. The summed E-state index contributed by atoms with van der Waals surface area (Å²) in [6.07, 6.45) is 3.84. The summed E-state index contributed by atoms with van der Waals surface area (Å²) >= 11 is 0. The summed E-state index contributed by atoms with van der Waals surface area (Å²) < 4.78 is 5.84. The number of nitrogens with one attached hydrogen (secondary N) is 2. The van der Waals surface area contributed by atoms with E-state index in [2.05, 4.69) is 56.2 Å². The Morgan fingerprint density at radius 3 is 2.76 bits per heavy atom. The molecule has 2 N–H and O–H groups in total. The van der Waals surface area contributed by atoms with Gasteiger partial charge in [-0.3, -0.25) is 0 Å². The summed E-state index contributed by atoms with van der Waals surface area (Å²) in [6, 6.07) is 7.37. The lowest BCUT2D eigenvalue weighted by atomic mass is 9.91. The third-order valence-corrected chi connectivity index (χ3v) is 4.08. The maximum absolute atomic E-state index is 5.84. The molecule has 0 saturated heterocycles. The molecule has 0 amide bonds. The molecule has 0 saturated carbocycles. The van der Waals surface area contributed by atoms with E-state index in [-0.39, 0.29) is 6.10 Å². The van der Waals surface area contributed by atoms with Crippen LogP contribution in [0.4, 0.5) is 0 Å². The van der Waals surface area contributed by atoms with Crippen molar-refractivity contribution >= 4 is 10.9 Å². The Labute approximate surface area is 127 Å². The molecule has 3 nitrogen and oxygen atoms in total. The Kier molecular flexibility index (Phi) is 3.94. The van der Waals surface area contributed by atoms with Crippen molar-refractivity contribution in [2.45, 2.75) is 65.1 Å². The highest BCUT2D eigenvalue weighted by Gasteiger charge is 2.24. The van der Waals surface area contributed by atoms with Crippen LogP contribution in [-0.4, -0.2) is 17.1 Å². The van der Waals surface area contributed by atoms with Gasteiger partial charge in [-0.15, -0.1) is 0 Å². The van der Waals surface area contributed by atoms with Gasteiger partial charge < -0.3 is 15.0 Å². The maximum Gasteiger partial charge on any atom is 0.120 e. The second-order valence-electron chi connectivity index (χ2n) is 6.66. The van der Waals surface area contributed by atoms with Gasteiger partial charge in [0.2, 0.25) is 0 Å². The number of H-pyrrole nitrogens is 1. The molecule has 1 atom stereocenters. The highest BCUT2D eigenvalue weighted by atomic mass is 16.5. The minimum absolute atomic E-state index is 0.215. The molecule has 0 aliphatic heterocycles. The van der Waals surface area contributed by atoms with Gasteiger partial charge in [0.05, 0.1) is 6.10 Å². The van der Waals surface area contributed by atoms with E-state index in [0.717, 1.165) is 12.2 Å². The molecule has 114 valence electrons. The first kappa shape index (κ1) is 14.5. The molecule has 0 fully saturated rings. The maximum atomic E-state index is 5.84. The Morgan fingerprint density at radius 2 is 2.05 bits per heavy atom. The van der Waals surface area contributed by atoms with Gasteiger partial charge in [-0.2, -0.15) is 0 Å². The lowest BCUT2D eigenvalue weighted by molar-refractivity contribution is 0.243. The van der Waals surface area contributed by atoms with E-state index in [9.17, 15) is 0 Å². The number of hydrogen-bond acceptors (Lipinski definition) is 2. The molecule has 1 aliphatic carbocycles. The predicted molar refractivity (Wildman–Crippen MR) is 88.0 cm³/mol. The van der Waals surface area contributed by atoms with Gasteiger partial charge in [0, 0.05) is 28.7 Å². The van der Waals surface area contributed by atoms with Crippen LogP contribution < -0.4 is 10.1 Å². The van der Waals surface area contributed by atoms with Crippen molar-refractivity contribution in [1.82, 2.24) is 10.3 Å². The highest BCUT2D eigenvalue weighted by molar-refractivity contribution is 5.86. The Morgan fingerprint density at radius 1 is 1.24 bits per heavy atom. The van der Waals surface area contributed by atoms with Crippen LogP contribution in [0.5, 0.6) is 5.75 Å². The molecular formula is C18H26N2O. The number of fused-ring (bicyclic) bond motifs is 3. The Balaban J connectivity index is 2.00. The van der Waals surface area contributed by atoms with Crippen LogP contribution in [0, 0.1) is 0 Å². The highest BCUT2D eigenvalue weighted by Crippen LogP contribution is 2.36. The molecule has 21 heavy (non-hydrogen) atoms. The topological polar surface area (TPSA) is 37.0 Å². The van der Waals surface area contributed by atoms with E-state index >= 15 is 0 Å². The summed E-state index contributed by atoms with van der Waals surface area (Å²) in [5.74, 6) is 0.971. The monoisotopic (exact) mass is 286 g/mol. The zero-order chi connectivity index (χ0) is 15.0. The Bertz CT molecular complexity index is 627. The predicted octanol–water partition coefficient (Wildman–Crippen LogP) is 4.33. The molecule has 3 heteroatoms. The summed E-state index contributed by atoms with van der Waals surface area (Å²) in [4.78, 5) is 3.63. The average Bonchev–Trinajstić information content (AvgIpc) is 2.77. The molecule has 1 heterocycles. The smallest absolute Gasteiger partial charge is 0.120 e. The van der Waals surface area contributed by atoms with E-state index in [1.54, 1.807) is 0 Å². The number of hydrogen-bond donors (Lipinski definition) is 2. The quantitative estimate of drug-likeness (QED) is 0.877. The molecule has 0 spiro atoms. The minimum Gasteiger partial charge on any atom is -0.491 e. The number of rotatable bonds is 4. The van der Waals surface area contributed by atoms with Crippen LogP contribution in [0.1, 0.15) is 57.8 Å². The second kappa shape index (κ2) is 5.72. The van der Waals surface area contributed by atoms with E-state index in [1.807, 2.05) is 0 Å². The first-order chi connectivity index (χ1) is 10.0. The normalized spacial score (nSPS) is 18.5. The molecule has 2 aromatic rings. The second-order valence-corrected chi connectivity index (χ2v) is 6.66. The van der Waals surface area contributed by atoms with Gasteiger partial charge in [0.1, 0.15) is 5.75 Å². The van der Waals surface area contributed by atoms with Gasteiger partial charge >= 0.3 is 0 Å². The molecule has 3 rings (SSSR count). The van der Waals surface area contributed by atoms with Crippen molar-refractivity contribution in [3.8, 4) is 5.75 Å². The van der Waals surface area contributed by atoms with Gasteiger partial charge in [-0.25, -0.2) is 0 Å². The molecule has 1 aliphatic rings. The zero-order valence-electron chi connectivity index (χ0n) is 13.5. The van der Waals surface area contributed by atoms with Crippen LogP contribution in [0.15, 0.2) is 18.2 Å². The van der Waals surface area contributed by atoms with Crippen molar-refractivity contribution in [3.05, 3.63) is 29.5 Å². The summed E-state index contributed by atoms with van der Waals surface area (Å²) in [5, 5.41) is 5.02. The van der Waals surface area contributed by atoms with Gasteiger partial charge in [0.15, 0.2) is 0 Å². The molecule has 1 aromatic carbocycles. The minimum atomic E-state index is 0.215. The number of aromatic nitrogens is 1. The molecule has 1 aromatic heterocycles.